The number of sulfone groups is 1. The number of halogens is 1. The lowest BCUT2D eigenvalue weighted by Crippen LogP contribution is -2.04. The van der Waals surface area contributed by atoms with Crippen LogP contribution in [0, 0.1) is 5.82 Å². The van der Waals surface area contributed by atoms with E-state index in [1.807, 2.05) is 0 Å². The van der Waals surface area contributed by atoms with Crippen molar-refractivity contribution in [2.24, 2.45) is 0 Å². The van der Waals surface area contributed by atoms with Crippen molar-refractivity contribution in [1.82, 2.24) is 14.8 Å². The van der Waals surface area contributed by atoms with Crippen LogP contribution in [-0.2, 0) is 16.4 Å². The van der Waals surface area contributed by atoms with Crippen LogP contribution in [0.2, 0.25) is 0 Å². The minimum Gasteiger partial charge on any atom is -0.392 e. The summed E-state index contributed by atoms with van der Waals surface area (Å²) in [4.78, 5) is 3.81. The average Bonchev–Trinajstić information content (AvgIpc) is 2.77. The fourth-order valence-electron chi connectivity index (χ4n) is 1.41. The summed E-state index contributed by atoms with van der Waals surface area (Å²) < 4.78 is 36.7. The highest BCUT2D eigenvalue weighted by Crippen LogP contribution is 2.15. The molecule has 0 saturated heterocycles. The van der Waals surface area contributed by atoms with Crippen LogP contribution in [0.4, 0.5) is 4.39 Å². The van der Waals surface area contributed by atoms with Gasteiger partial charge in [-0.2, -0.15) is 5.10 Å². The second-order valence-corrected chi connectivity index (χ2v) is 5.70. The molecule has 1 N–H and O–H groups in total. The van der Waals surface area contributed by atoms with E-state index in [0.29, 0.717) is 0 Å². The lowest BCUT2D eigenvalue weighted by atomic mass is 10.2. The summed E-state index contributed by atoms with van der Waals surface area (Å²) in [5.41, 5.74) is 0.221. The molecule has 0 aliphatic heterocycles. The third-order valence-electron chi connectivity index (χ3n) is 2.28. The first kappa shape index (κ1) is 12.7. The number of hydrogen-bond acceptors (Lipinski definition) is 5. The Bertz CT molecular complexity index is 681. The topological polar surface area (TPSA) is 85.1 Å². The number of aliphatic hydroxyl groups is 1. The van der Waals surface area contributed by atoms with Crippen LogP contribution in [0.5, 0.6) is 0 Å². The van der Waals surface area contributed by atoms with Gasteiger partial charge in [0, 0.05) is 11.8 Å². The van der Waals surface area contributed by atoms with Crippen molar-refractivity contribution in [1.29, 1.82) is 0 Å². The summed E-state index contributed by atoms with van der Waals surface area (Å²) in [5, 5.41) is 12.9. The van der Waals surface area contributed by atoms with E-state index >= 15 is 0 Å². The van der Waals surface area contributed by atoms with E-state index in [4.69, 9.17) is 5.11 Å². The lowest BCUT2D eigenvalue weighted by molar-refractivity contribution is 0.280. The normalized spacial score (nSPS) is 11.7. The molecule has 2 heterocycles. The van der Waals surface area contributed by atoms with Gasteiger partial charge in [-0.05, 0) is 6.07 Å². The smallest absolute Gasteiger partial charge is 0.178 e. The highest BCUT2D eigenvalue weighted by molar-refractivity contribution is 7.90. The maximum absolute atomic E-state index is 12.9. The third kappa shape index (κ3) is 2.39. The zero-order valence-corrected chi connectivity index (χ0v) is 10.2. The van der Waals surface area contributed by atoms with E-state index in [-0.39, 0.29) is 16.3 Å². The van der Waals surface area contributed by atoms with E-state index in [1.165, 1.54) is 17.1 Å². The van der Waals surface area contributed by atoms with Crippen molar-refractivity contribution < 1.29 is 17.9 Å². The number of hydrogen-bond donors (Lipinski definition) is 1. The van der Waals surface area contributed by atoms with E-state index in [0.717, 1.165) is 18.5 Å². The minimum absolute atomic E-state index is 0.0255. The first-order valence-corrected chi connectivity index (χ1v) is 6.81. The molecule has 0 aliphatic carbocycles. The Hall–Kier alpha value is -1.80. The zero-order chi connectivity index (χ0) is 13.3. The van der Waals surface area contributed by atoms with Crippen LogP contribution in [0.1, 0.15) is 5.56 Å². The second kappa shape index (κ2) is 4.46. The van der Waals surface area contributed by atoms with Crippen molar-refractivity contribution in [3.05, 3.63) is 36.0 Å². The molecule has 0 atom stereocenters. The number of aromatic nitrogens is 3. The molecule has 0 bridgehead atoms. The fourth-order valence-corrected chi connectivity index (χ4v) is 1.94. The number of aliphatic hydroxyl groups excluding tert-OH is 1. The SMILES string of the molecule is CS(=O)(=O)c1cnn(-c2ncc(F)cc2CO)c1. The average molecular weight is 271 g/mol. The Morgan fingerprint density at radius 2 is 2.17 bits per heavy atom. The Labute approximate surface area is 103 Å². The molecule has 0 saturated carbocycles. The summed E-state index contributed by atoms with van der Waals surface area (Å²) in [6.45, 7) is -0.422. The standard InChI is InChI=1S/C10H10FN3O3S/c1-18(16,17)9-4-13-14(5-9)10-7(6-15)2-8(11)3-12-10/h2-5,15H,6H2,1H3. The molecule has 96 valence electrons. The largest absolute Gasteiger partial charge is 0.392 e. The van der Waals surface area contributed by atoms with E-state index in [9.17, 15) is 12.8 Å². The molecular weight excluding hydrogens is 261 g/mol. The Morgan fingerprint density at radius 1 is 1.44 bits per heavy atom. The van der Waals surface area contributed by atoms with Gasteiger partial charge in [-0.25, -0.2) is 22.5 Å². The number of rotatable bonds is 3. The van der Waals surface area contributed by atoms with Gasteiger partial charge in [0.2, 0.25) is 0 Å². The molecule has 0 aliphatic rings. The molecule has 6 nitrogen and oxygen atoms in total. The van der Waals surface area contributed by atoms with Crippen molar-refractivity contribution in [2.45, 2.75) is 11.5 Å². The van der Waals surface area contributed by atoms with Crippen LogP contribution < -0.4 is 0 Å². The van der Waals surface area contributed by atoms with Crippen molar-refractivity contribution in [3.63, 3.8) is 0 Å². The van der Waals surface area contributed by atoms with Crippen molar-refractivity contribution >= 4 is 9.84 Å². The predicted octanol–water partition coefficient (Wildman–Crippen LogP) is 0.302. The van der Waals surface area contributed by atoms with Crippen LogP contribution in [0.15, 0.2) is 29.6 Å². The quantitative estimate of drug-likeness (QED) is 0.868. The van der Waals surface area contributed by atoms with Gasteiger partial charge < -0.3 is 5.11 Å². The van der Waals surface area contributed by atoms with Gasteiger partial charge in [0.25, 0.3) is 0 Å². The summed E-state index contributed by atoms with van der Waals surface area (Å²) in [7, 11) is -3.37. The highest BCUT2D eigenvalue weighted by atomic mass is 32.2. The molecule has 2 aromatic rings. The molecule has 18 heavy (non-hydrogen) atoms. The van der Waals surface area contributed by atoms with Crippen molar-refractivity contribution in [2.75, 3.05) is 6.26 Å². The van der Waals surface area contributed by atoms with Gasteiger partial charge in [0.05, 0.1) is 25.2 Å². The summed E-state index contributed by atoms with van der Waals surface area (Å²) in [6.07, 6.45) is 4.45. The van der Waals surface area contributed by atoms with E-state index in [2.05, 4.69) is 10.1 Å². The minimum atomic E-state index is -3.37. The molecule has 0 unspecified atom stereocenters. The van der Waals surface area contributed by atoms with Gasteiger partial charge >= 0.3 is 0 Å². The summed E-state index contributed by atoms with van der Waals surface area (Å²) in [5.74, 6) is -0.396. The lowest BCUT2D eigenvalue weighted by Gasteiger charge is -2.05. The number of nitrogens with zero attached hydrogens (tertiary/aromatic N) is 3. The molecule has 0 radical (unpaired) electrons. The van der Waals surface area contributed by atoms with Gasteiger partial charge in [0.15, 0.2) is 15.7 Å². The third-order valence-corrected chi connectivity index (χ3v) is 3.35. The van der Waals surface area contributed by atoms with Crippen LogP contribution in [-0.4, -0.2) is 34.5 Å². The van der Waals surface area contributed by atoms with Gasteiger partial charge in [-0.1, -0.05) is 0 Å². The van der Waals surface area contributed by atoms with Gasteiger partial charge in [0.1, 0.15) is 10.7 Å². The molecule has 0 fully saturated rings. The predicted molar refractivity (Wildman–Crippen MR) is 60.3 cm³/mol. The fraction of sp³-hybridized carbons (Fsp3) is 0.200. The summed E-state index contributed by atoms with van der Waals surface area (Å²) in [6, 6.07) is 1.12. The highest BCUT2D eigenvalue weighted by Gasteiger charge is 2.13. The van der Waals surface area contributed by atoms with Crippen LogP contribution in [0.3, 0.4) is 0 Å². The molecule has 0 spiro atoms. The monoisotopic (exact) mass is 271 g/mol. The Balaban J connectivity index is 2.53. The van der Waals surface area contributed by atoms with Gasteiger partial charge in [-0.3, -0.25) is 0 Å². The first-order chi connectivity index (χ1) is 8.41. The van der Waals surface area contributed by atoms with E-state index in [1.54, 1.807) is 0 Å². The van der Waals surface area contributed by atoms with Crippen LogP contribution >= 0.6 is 0 Å². The molecule has 8 heteroatoms. The second-order valence-electron chi connectivity index (χ2n) is 3.69. The summed E-state index contributed by atoms with van der Waals surface area (Å²) >= 11 is 0. The number of pyridine rings is 1. The molecule has 0 aromatic carbocycles. The first-order valence-electron chi connectivity index (χ1n) is 4.92. The van der Waals surface area contributed by atoms with E-state index < -0.39 is 22.3 Å². The molecular formula is C10H10FN3O3S. The molecule has 0 amide bonds. The zero-order valence-electron chi connectivity index (χ0n) is 9.41. The van der Waals surface area contributed by atoms with Crippen molar-refractivity contribution in [3.8, 4) is 5.82 Å². The van der Waals surface area contributed by atoms with Crippen LogP contribution in [0.25, 0.3) is 5.82 Å². The molecule has 2 aromatic heterocycles. The Morgan fingerprint density at radius 3 is 2.72 bits per heavy atom. The maximum atomic E-state index is 12.9. The maximum Gasteiger partial charge on any atom is 0.178 e. The Kier molecular flexibility index (Phi) is 3.14. The van der Waals surface area contributed by atoms with Gasteiger partial charge in [-0.15, -0.1) is 0 Å². The molecule has 2 rings (SSSR count).